The van der Waals surface area contributed by atoms with Gasteiger partial charge >= 0.3 is 0 Å². The maximum atomic E-state index is 12.9. The highest BCUT2D eigenvalue weighted by Gasteiger charge is 2.31. The monoisotopic (exact) mass is 491 g/mol. The van der Waals surface area contributed by atoms with Gasteiger partial charge in [-0.15, -0.1) is 0 Å². The third kappa shape index (κ3) is 5.46. The van der Waals surface area contributed by atoms with E-state index in [4.69, 9.17) is 0 Å². The van der Waals surface area contributed by atoms with E-state index in [1.807, 2.05) is 6.92 Å². The van der Waals surface area contributed by atoms with E-state index in [-0.39, 0.29) is 27.8 Å². The molecule has 1 saturated heterocycles. The van der Waals surface area contributed by atoms with Crippen molar-refractivity contribution in [2.75, 3.05) is 13.1 Å². The van der Waals surface area contributed by atoms with Crippen LogP contribution in [0.2, 0.25) is 0 Å². The number of hydrogen-bond acceptors (Lipinski definition) is 5. The molecule has 1 heterocycles. The van der Waals surface area contributed by atoms with Crippen LogP contribution in [0.1, 0.15) is 47.2 Å². The number of nitrogens with one attached hydrogen (secondary N) is 2. The van der Waals surface area contributed by atoms with E-state index in [2.05, 4.69) is 10.0 Å². The van der Waals surface area contributed by atoms with Gasteiger partial charge in [-0.05, 0) is 69.4 Å². The summed E-state index contributed by atoms with van der Waals surface area (Å²) >= 11 is 0. The lowest BCUT2D eigenvalue weighted by atomic mass is 10.0. The maximum absolute atomic E-state index is 12.9. The van der Waals surface area contributed by atoms with Gasteiger partial charge in [-0.3, -0.25) is 4.79 Å². The number of benzene rings is 2. The summed E-state index contributed by atoms with van der Waals surface area (Å²) in [6.45, 7) is 4.27. The first-order valence-electron chi connectivity index (χ1n) is 11.1. The predicted octanol–water partition coefficient (Wildman–Crippen LogP) is 2.33. The van der Waals surface area contributed by atoms with E-state index in [0.29, 0.717) is 37.1 Å². The standard InChI is InChI=1S/C23H29N3O5S2/c1-16-3-8-20(9-4-16)33(30,31)26-13-11-18(12-14-26)24-23(27)22-15-21(10-5-17(22)2)32(28,29)25-19-6-7-19/h3-5,8-10,15,18-19,25H,6-7,11-14H2,1-2H3,(H,24,27). The Morgan fingerprint density at radius 1 is 0.848 bits per heavy atom. The number of rotatable bonds is 7. The van der Waals surface area contributed by atoms with Gasteiger partial charge in [0, 0.05) is 30.7 Å². The topological polar surface area (TPSA) is 113 Å². The summed E-state index contributed by atoms with van der Waals surface area (Å²) < 4.78 is 54.9. The number of amides is 1. The van der Waals surface area contributed by atoms with Crippen LogP contribution in [-0.4, -0.2) is 52.2 Å². The van der Waals surface area contributed by atoms with Crippen LogP contribution in [0.15, 0.2) is 52.3 Å². The van der Waals surface area contributed by atoms with E-state index >= 15 is 0 Å². The van der Waals surface area contributed by atoms with Crippen molar-refractivity contribution >= 4 is 26.0 Å². The molecule has 0 unspecified atom stereocenters. The van der Waals surface area contributed by atoms with Crippen LogP contribution in [0.5, 0.6) is 0 Å². The van der Waals surface area contributed by atoms with Crippen molar-refractivity contribution in [3.63, 3.8) is 0 Å². The molecule has 0 spiro atoms. The third-order valence-corrected chi connectivity index (χ3v) is 9.54. The molecule has 1 aliphatic heterocycles. The Labute approximate surface area is 195 Å². The molecule has 178 valence electrons. The van der Waals surface area contributed by atoms with E-state index < -0.39 is 20.0 Å². The molecule has 4 rings (SSSR count). The first-order valence-corrected chi connectivity index (χ1v) is 14.0. The maximum Gasteiger partial charge on any atom is 0.251 e. The summed E-state index contributed by atoms with van der Waals surface area (Å²) in [5.74, 6) is -0.351. The molecule has 0 bridgehead atoms. The molecule has 0 aromatic heterocycles. The second-order valence-corrected chi connectivity index (χ2v) is 12.5. The third-order valence-electron chi connectivity index (χ3n) is 6.11. The van der Waals surface area contributed by atoms with Crippen LogP contribution in [0.4, 0.5) is 0 Å². The molecule has 0 atom stereocenters. The second kappa shape index (κ2) is 9.17. The van der Waals surface area contributed by atoms with Gasteiger partial charge in [0.25, 0.3) is 5.91 Å². The zero-order valence-corrected chi connectivity index (χ0v) is 20.4. The average Bonchev–Trinajstić information content (AvgIpc) is 3.58. The second-order valence-electron chi connectivity index (χ2n) is 8.84. The van der Waals surface area contributed by atoms with Crippen molar-refractivity contribution in [1.82, 2.24) is 14.3 Å². The number of carbonyl (C=O) groups excluding carboxylic acids is 1. The van der Waals surface area contributed by atoms with Crippen LogP contribution in [0.3, 0.4) is 0 Å². The Morgan fingerprint density at radius 3 is 2.06 bits per heavy atom. The van der Waals surface area contributed by atoms with Crippen LogP contribution >= 0.6 is 0 Å². The summed E-state index contributed by atoms with van der Waals surface area (Å²) in [5.41, 5.74) is 1.98. The summed E-state index contributed by atoms with van der Waals surface area (Å²) in [5, 5.41) is 2.95. The molecule has 10 heteroatoms. The Hall–Kier alpha value is -2.27. The van der Waals surface area contributed by atoms with Crippen molar-refractivity contribution in [2.24, 2.45) is 0 Å². The number of piperidine rings is 1. The molecule has 1 amide bonds. The summed E-state index contributed by atoms with van der Waals surface area (Å²) in [6, 6.07) is 11.1. The molecule has 2 aromatic rings. The fourth-order valence-corrected chi connectivity index (χ4v) is 6.66. The first-order chi connectivity index (χ1) is 15.6. The molecule has 2 fully saturated rings. The van der Waals surface area contributed by atoms with Gasteiger partial charge in [0.05, 0.1) is 9.79 Å². The Bertz CT molecular complexity index is 1250. The van der Waals surface area contributed by atoms with Crippen molar-refractivity contribution in [1.29, 1.82) is 0 Å². The van der Waals surface area contributed by atoms with Gasteiger partial charge in [0.1, 0.15) is 0 Å². The predicted molar refractivity (Wildman–Crippen MR) is 125 cm³/mol. The van der Waals surface area contributed by atoms with Gasteiger partial charge in [-0.25, -0.2) is 21.6 Å². The fourth-order valence-electron chi connectivity index (χ4n) is 3.86. The van der Waals surface area contributed by atoms with E-state index in [1.165, 1.54) is 16.4 Å². The first kappa shape index (κ1) is 23.9. The largest absolute Gasteiger partial charge is 0.349 e. The average molecular weight is 492 g/mol. The lowest BCUT2D eigenvalue weighted by Crippen LogP contribution is -2.46. The van der Waals surface area contributed by atoms with Crippen LogP contribution < -0.4 is 10.0 Å². The fraction of sp³-hybridized carbons (Fsp3) is 0.435. The SMILES string of the molecule is Cc1ccc(S(=O)(=O)N2CCC(NC(=O)c3cc(S(=O)(=O)NC4CC4)ccc3C)CC2)cc1. The number of aryl methyl sites for hydroxylation is 2. The minimum absolute atomic E-state index is 0.0186. The molecule has 2 N–H and O–H groups in total. The number of sulfonamides is 2. The molecule has 8 nitrogen and oxygen atoms in total. The van der Waals surface area contributed by atoms with Crippen molar-refractivity contribution in [2.45, 2.75) is 61.4 Å². The minimum Gasteiger partial charge on any atom is -0.349 e. The Morgan fingerprint density at radius 2 is 1.45 bits per heavy atom. The van der Waals surface area contributed by atoms with E-state index in [1.54, 1.807) is 37.3 Å². The van der Waals surface area contributed by atoms with Crippen LogP contribution in [-0.2, 0) is 20.0 Å². The lowest BCUT2D eigenvalue weighted by Gasteiger charge is -2.31. The van der Waals surface area contributed by atoms with E-state index in [0.717, 1.165) is 18.4 Å². The quantitative estimate of drug-likeness (QED) is 0.617. The molecular formula is C23H29N3O5S2. The summed E-state index contributed by atoms with van der Waals surface area (Å²) in [7, 11) is -7.23. The van der Waals surface area contributed by atoms with Crippen molar-refractivity contribution < 1.29 is 21.6 Å². The highest BCUT2D eigenvalue weighted by Crippen LogP contribution is 2.24. The molecule has 0 radical (unpaired) electrons. The van der Waals surface area contributed by atoms with Crippen molar-refractivity contribution in [3.8, 4) is 0 Å². The molecule has 33 heavy (non-hydrogen) atoms. The van der Waals surface area contributed by atoms with Crippen LogP contribution in [0.25, 0.3) is 0 Å². The molecule has 2 aromatic carbocycles. The summed E-state index contributed by atoms with van der Waals surface area (Å²) in [6.07, 6.45) is 2.63. The zero-order valence-electron chi connectivity index (χ0n) is 18.7. The van der Waals surface area contributed by atoms with Gasteiger partial charge < -0.3 is 5.32 Å². The molecule has 1 aliphatic carbocycles. The highest BCUT2D eigenvalue weighted by molar-refractivity contribution is 7.89. The highest BCUT2D eigenvalue weighted by atomic mass is 32.2. The van der Waals surface area contributed by atoms with Crippen molar-refractivity contribution in [3.05, 3.63) is 59.2 Å². The lowest BCUT2D eigenvalue weighted by molar-refractivity contribution is 0.0923. The molecule has 2 aliphatic rings. The molecule has 1 saturated carbocycles. The van der Waals surface area contributed by atoms with E-state index in [9.17, 15) is 21.6 Å². The van der Waals surface area contributed by atoms with Crippen LogP contribution in [0, 0.1) is 13.8 Å². The molecular weight excluding hydrogens is 462 g/mol. The summed E-state index contributed by atoms with van der Waals surface area (Å²) in [4.78, 5) is 13.3. The van der Waals surface area contributed by atoms with Gasteiger partial charge in [0.15, 0.2) is 0 Å². The van der Waals surface area contributed by atoms with Gasteiger partial charge in [-0.1, -0.05) is 23.8 Å². The number of carbonyl (C=O) groups is 1. The number of nitrogens with zero attached hydrogens (tertiary/aromatic N) is 1. The Balaban J connectivity index is 1.40. The Kier molecular flexibility index (Phi) is 6.63. The zero-order chi connectivity index (χ0) is 23.8. The number of hydrogen-bond donors (Lipinski definition) is 2. The normalized spacial score (nSPS) is 18.2. The van der Waals surface area contributed by atoms with Gasteiger partial charge in [-0.2, -0.15) is 4.31 Å². The minimum atomic E-state index is -3.66. The van der Waals surface area contributed by atoms with Gasteiger partial charge in [0.2, 0.25) is 20.0 Å². The smallest absolute Gasteiger partial charge is 0.251 e.